The second-order valence-electron chi connectivity index (χ2n) is 22.7. The number of hydrogen-bond acceptors (Lipinski definition) is 6. The summed E-state index contributed by atoms with van der Waals surface area (Å²) >= 11 is 0. The van der Waals surface area contributed by atoms with E-state index in [1.807, 2.05) is 0 Å². The molecule has 0 aromatic rings. The van der Waals surface area contributed by atoms with Gasteiger partial charge in [0.05, 0.1) is 0 Å². The van der Waals surface area contributed by atoms with Gasteiger partial charge in [-0.15, -0.1) is 0 Å². The fourth-order valence-electron chi connectivity index (χ4n) is 9.51. The van der Waals surface area contributed by atoms with E-state index in [2.05, 4.69) is 142 Å². The van der Waals surface area contributed by atoms with Gasteiger partial charge < -0.3 is 14.2 Å². The van der Waals surface area contributed by atoms with Gasteiger partial charge in [0.2, 0.25) is 0 Å². The van der Waals surface area contributed by atoms with Crippen molar-refractivity contribution in [2.75, 3.05) is 13.2 Å². The Balaban J connectivity index is 4.42. The molecule has 0 aliphatic carbocycles. The van der Waals surface area contributed by atoms with Crippen LogP contribution in [0.15, 0.2) is 122 Å². The summed E-state index contributed by atoms with van der Waals surface area (Å²) in [5, 5.41) is 0. The zero-order valence-corrected chi connectivity index (χ0v) is 53.7. The van der Waals surface area contributed by atoms with Crippen LogP contribution in [0.4, 0.5) is 0 Å². The standard InChI is InChI=1S/C76H128O6/c1-4-7-10-13-16-19-22-25-28-31-33-35-37-38-40-41-43-45-48-51-54-57-60-63-66-69-75(78)81-72-73(71-80-74(77)68-65-62-59-56-53-50-47-30-27-24-21-18-15-12-9-6-3)82-76(79)70-67-64-61-58-55-52-49-46-44-42-39-36-34-32-29-26-23-20-17-14-11-8-5-2/h8,11,17,20-22,24-26,29-31,33-34,36,42,44,47,49,52,73H,4-7,9-10,12-16,18-19,23,27-28,32,35,37-41,43,45-46,48,50-51,53-72H2,1-3H3/b11-8-,20-17-,24-21-,25-22-,29-26-,33-31-,36-34-,44-42-,47-30-,52-49-. The Kier molecular flexibility index (Phi) is 65.8. The Bertz CT molecular complexity index is 1690. The SMILES string of the molecule is CC/C=C\C/C=C\C/C=C\C/C=C\C/C=C\C/C=C\CCCCCCC(=O)OC(COC(=O)CCCCCCC/C=C\C/C=C\CCCCCC)COC(=O)CCCCCCCCCCCCCCC/C=C\C/C=C\CCCCCCC. The van der Waals surface area contributed by atoms with Crippen molar-refractivity contribution < 1.29 is 28.6 Å². The molecule has 0 N–H and O–H groups in total. The number of allylic oxidation sites excluding steroid dienone is 20. The van der Waals surface area contributed by atoms with Crippen LogP contribution in [0.5, 0.6) is 0 Å². The Hall–Kier alpha value is -4.19. The molecule has 1 unspecified atom stereocenters. The van der Waals surface area contributed by atoms with Gasteiger partial charge in [0.25, 0.3) is 0 Å². The molecule has 82 heavy (non-hydrogen) atoms. The van der Waals surface area contributed by atoms with E-state index in [0.29, 0.717) is 19.3 Å². The third-order valence-electron chi connectivity index (χ3n) is 14.7. The fourth-order valence-corrected chi connectivity index (χ4v) is 9.51. The molecule has 6 nitrogen and oxygen atoms in total. The number of rotatable bonds is 62. The van der Waals surface area contributed by atoms with E-state index >= 15 is 0 Å². The highest BCUT2D eigenvalue weighted by atomic mass is 16.6. The molecule has 0 aromatic carbocycles. The number of esters is 3. The zero-order chi connectivity index (χ0) is 59.2. The van der Waals surface area contributed by atoms with Gasteiger partial charge in [0.15, 0.2) is 6.10 Å². The van der Waals surface area contributed by atoms with Gasteiger partial charge in [-0.2, -0.15) is 0 Å². The molecule has 6 heteroatoms. The summed E-state index contributed by atoms with van der Waals surface area (Å²) in [6, 6.07) is 0. The van der Waals surface area contributed by atoms with E-state index in [1.54, 1.807) is 0 Å². The molecule has 0 aliphatic heterocycles. The molecule has 0 rings (SSSR count). The second kappa shape index (κ2) is 69.3. The van der Waals surface area contributed by atoms with Gasteiger partial charge in [0.1, 0.15) is 13.2 Å². The summed E-state index contributed by atoms with van der Waals surface area (Å²) in [5.41, 5.74) is 0. The van der Waals surface area contributed by atoms with Crippen molar-refractivity contribution in [2.24, 2.45) is 0 Å². The molecule has 0 amide bonds. The van der Waals surface area contributed by atoms with Crippen LogP contribution in [-0.4, -0.2) is 37.2 Å². The predicted octanol–water partition coefficient (Wildman–Crippen LogP) is 23.9. The lowest BCUT2D eigenvalue weighted by Crippen LogP contribution is -2.30. The third-order valence-corrected chi connectivity index (χ3v) is 14.7. The minimum atomic E-state index is -0.803. The van der Waals surface area contributed by atoms with E-state index in [1.165, 1.54) is 141 Å². The molecule has 0 saturated carbocycles. The van der Waals surface area contributed by atoms with Crippen LogP contribution in [0.3, 0.4) is 0 Å². The zero-order valence-electron chi connectivity index (χ0n) is 53.7. The molecule has 0 aliphatic rings. The molecule has 0 radical (unpaired) electrons. The number of carbonyl (C=O) groups is 3. The Morgan fingerprint density at radius 3 is 0.756 bits per heavy atom. The molecule has 0 spiro atoms. The highest BCUT2D eigenvalue weighted by Gasteiger charge is 2.19. The number of ether oxygens (including phenoxy) is 3. The summed E-state index contributed by atoms with van der Waals surface area (Å²) in [7, 11) is 0. The van der Waals surface area contributed by atoms with E-state index in [9.17, 15) is 14.4 Å². The maximum absolute atomic E-state index is 12.9. The largest absolute Gasteiger partial charge is 0.462 e. The first-order valence-corrected chi connectivity index (χ1v) is 34.5. The van der Waals surface area contributed by atoms with E-state index in [4.69, 9.17) is 14.2 Å². The first-order valence-electron chi connectivity index (χ1n) is 34.5. The van der Waals surface area contributed by atoms with Crippen molar-refractivity contribution in [2.45, 2.75) is 329 Å². The van der Waals surface area contributed by atoms with Crippen molar-refractivity contribution in [3.63, 3.8) is 0 Å². The maximum atomic E-state index is 12.9. The topological polar surface area (TPSA) is 78.9 Å². The first-order chi connectivity index (χ1) is 40.5. The van der Waals surface area contributed by atoms with Crippen LogP contribution in [0.25, 0.3) is 0 Å². The monoisotopic (exact) mass is 1140 g/mol. The van der Waals surface area contributed by atoms with Crippen LogP contribution in [0.2, 0.25) is 0 Å². The van der Waals surface area contributed by atoms with E-state index in [0.717, 1.165) is 141 Å². The number of carbonyl (C=O) groups excluding carboxylic acids is 3. The maximum Gasteiger partial charge on any atom is 0.306 e. The minimum absolute atomic E-state index is 0.0949. The van der Waals surface area contributed by atoms with Crippen molar-refractivity contribution in [3.8, 4) is 0 Å². The van der Waals surface area contributed by atoms with Crippen LogP contribution in [-0.2, 0) is 28.6 Å². The van der Waals surface area contributed by atoms with Crippen molar-refractivity contribution in [1.82, 2.24) is 0 Å². The average molecular weight is 1140 g/mol. The average Bonchev–Trinajstić information content (AvgIpc) is 3.47. The van der Waals surface area contributed by atoms with Crippen LogP contribution in [0.1, 0.15) is 323 Å². The van der Waals surface area contributed by atoms with Crippen molar-refractivity contribution >= 4 is 17.9 Å². The van der Waals surface area contributed by atoms with Gasteiger partial charge in [-0.1, -0.05) is 290 Å². The van der Waals surface area contributed by atoms with Gasteiger partial charge in [-0.05, 0) is 135 Å². The van der Waals surface area contributed by atoms with Crippen molar-refractivity contribution in [3.05, 3.63) is 122 Å². The molecule has 0 fully saturated rings. The lowest BCUT2D eigenvalue weighted by Gasteiger charge is -2.18. The Labute approximate surface area is 507 Å². The molecule has 0 heterocycles. The molecule has 0 bridgehead atoms. The van der Waals surface area contributed by atoms with E-state index < -0.39 is 6.10 Å². The highest BCUT2D eigenvalue weighted by Crippen LogP contribution is 2.16. The summed E-state index contributed by atoms with van der Waals surface area (Å²) in [6.07, 6.45) is 96.4. The minimum Gasteiger partial charge on any atom is -0.462 e. The van der Waals surface area contributed by atoms with Crippen molar-refractivity contribution in [1.29, 1.82) is 0 Å². The number of hydrogen-bond donors (Lipinski definition) is 0. The van der Waals surface area contributed by atoms with Gasteiger partial charge in [-0.3, -0.25) is 14.4 Å². The Morgan fingerprint density at radius 1 is 0.256 bits per heavy atom. The summed E-state index contributed by atoms with van der Waals surface area (Å²) in [5.74, 6) is -0.926. The summed E-state index contributed by atoms with van der Waals surface area (Å²) in [4.78, 5) is 38.4. The first kappa shape index (κ1) is 77.8. The summed E-state index contributed by atoms with van der Waals surface area (Å²) in [6.45, 7) is 6.49. The highest BCUT2D eigenvalue weighted by molar-refractivity contribution is 5.71. The van der Waals surface area contributed by atoms with Crippen LogP contribution in [0, 0.1) is 0 Å². The molecule has 0 saturated heterocycles. The quantitative estimate of drug-likeness (QED) is 0.0261. The Morgan fingerprint density at radius 2 is 0.476 bits per heavy atom. The van der Waals surface area contributed by atoms with E-state index in [-0.39, 0.29) is 31.1 Å². The second-order valence-corrected chi connectivity index (χ2v) is 22.7. The van der Waals surface area contributed by atoms with Crippen LogP contribution < -0.4 is 0 Å². The lowest BCUT2D eigenvalue weighted by atomic mass is 10.0. The smallest absolute Gasteiger partial charge is 0.306 e. The van der Waals surface area contributed by atoms with Gasteiger partial charge in [0, 0.05) is 19.3 Å². The fraction of sp³-hybridized carbons (Fsp3) is 0.697. The van der Waals surface area contributed by atoms with Gasteiger partial charge >= 0.3 is 17.9 Å². The molecule has 0 aromatic heterocycles. The molecule has 1 atom stereocenters. The molecular weight excluding hydrogens is 1010 g/mol. The van der Waals surface area contributed by atoms with Gasteiger partial charge in [-0.25, -0.2) is 0 Å². The third kappa shape index (κ3) is 66.6. The predicted molar refractivity (Wildman–Crippen MR) is 357 cm³/mol. The van der Waals surface area contributed by atoms with Crippen LogP contribution >= 0.6 is 0 Å². The normalized spacial score (nSPS) is 12.9. The summed E-state index contributed by atoms with van der Waals surface area (Å²) < 4.78 is 16.9. The molecule has 468 valence electrons. The molecular formula is C76H128O6. The number of unbranched alkanes of at least 4 members (excludes halogenated alkanes) is 31. The lowest BCUT2D eigenvalue weighted by molar-refractivity contribution is -0.167.